The maximum Gasteiger partial charge on any atom is 0.224 e. The Bertz CT molecular complexity index is 805. The lowest BCUT2D eigenvalue weighted by Crippen LogP contribution is -2.12. The van der Waals surface area contributed by atoms with Crippen LogP contribution in [-0.2, 0) is 11.2 Å². The molecule has 0 saturated heterocycles. The van der Waals surface area contributed by atoms with Gasteiger partial charge in [-0.05, 0) is 56.0 Å². The number of rotatable bonds is 5. The largest absolute Gasteiger partial charge is 0.326 e. The molecule has 0 spiro atoms. The standard InChI is InChI=1S/C19H20N2OS/c1-13-7-5-9-15(14(13)2)20-18(22)11-6-12-19-21-16-8-3-4-10-17(16)23-19/h3-5,7-10H,6,11-12H2,1-2H3,(H,20,22). The number of nitrogens with zero attached hydrogens (tertiary/aromatic N) is 1. The highest BCUT2D eigenvalue weighted by Crippen LogP contribution is 2.23. The number of carbonyl (C=O) groups is 1. The summed E-state index contributed by atoms with van der Waals surface area (Å²) in [5, 5.41) is 4.11. The third-order valence-corrected chi connectivity index (χ3v) is 5.11. The zero-order valence-electron chi connectivity index (χ0n) is 13.4. The minimum Gasteiger partial charge on any atom is -0.326 e. The fraction of sp³-hybridized carbons (Fsp3) is 0.263. The maximum absolute atomic E-state index is 12.1. The van der Waals surface area contributed by atoms with Crippen LogP contribution in [0.4, 0.5) is 5.69 Å². The number of anilines is 1. The molecule has 118 valence electrons. The molecule has 0 aliphatic rings. The molecule has 0 aliphatic carbocycles. The molecule has 1 heterocycles. The lowest BCUT2D eigenvalue weighted by atomic mass is 10.1. The summed E-state index contributed by atoms with van der Waals surface area (Å²) < 4.78 is 1.21. The summed E-state index contributed by atoms with van der Waals surface area (Å²) in [7, 11) is 0. The first-order chi connectivity index (χ1) is 11.1. The normalized spacial score (nSPS) is 10.9. The number of carbonyl (C=O) groups excluding carboxylic acids is 1. The van der Waals surface area contributed by atoms with Crippen LogP contribution in [-0.4, -0.2) is 10.9 Å². The molecule has 0 fully saturated rings. The van der Waals surface area contributed by atoms with Gasteiger partial charge in [0.2, 0.25) is 5.91 Å². The van der Waals surface area contributed by atoms with Crippen molar-refractivity contribution in [1.29, 1.82) is 0 Å². The van der Waals surface area contributed by atoms with Gasteiger partial charge in [0.25, 0.3) is 0 Å². The van der Waals surface area contributed by atoms with E-state index in [-0.39, 0.29) is 5.91 Å². The summed E-state index contributed by atoms with van der Waals surface area (Å²) >= 11 is 1.71. The number of hydrogen-bond donors (Lipinski definition) is 1. The number of para-hydroxylation sites is 1. The van der Waals surface area contributed by atoms with E-state index in [1.165, 1.54) is 10.3 Å². The number of fused-ring (bicyclic) bond motifs is 1. The molecule has 4 heteroatoms. The Morgan fingerprint density at radius 2 is 1.96 bits per heavy atom. The Labute approximate surface area is 140 Å². The topological polar surface area (TPSA) is 42.0 Å². The van der Waals surface area contributed by atoms with E-state index in [4.69, 9.17) is 0 Å². The molecule has 23 heavy (non-hydrogen) atoms. The Morgan fingerprint density at radius 1 is 1.13 bits per heavy atom. The second kappa shape index (κ2) is 6.92. The van der Waals surface area contributed by atoms with Gasteiger partial charge in [-0.25, -0.2) is 4.98 Å². The summed E-state index contributed by atoms with van der Waals surface area (Å²) in [5.41, 5.74) is 4.28. The number of nitrogens with one attached hydrogen (secondary N) is 1. The van der Waals surface area contributed by atoms with Crippen LogP contribution < -0.4 is 5.32 Å². The predicted molar refractivity (Wildman–Crippen MR) is 97.1 cm³/mol. The average Bonchev–Trinajstić information content (AvgIpc) is 2.94. The predicted octanol–water partition coefficient (Wildman–Crippen LogP) is 4.87. The van der Waals surface area contributed by atoms with Crippen molar-refractivity contribution in [3.05, 3.63) is 58.6 Å². The molecule has 0 saturated carbocycles. The van der Waals surface area contributed by atoms with E-state index in [9.17, 15) is 4.79 Å². The monoisotopic (exact) mass is 324 g/mol. The van der Waals surface area contributed by atoms with Crippen molar-refractivity contribution in [3.63, 3.8) is 0 Å². The molecule has 0 unspecified atom stereocenters. The molecule has 0 atom stereocenters. The van der Waals surface area contributed by atoms with Crippen LogP contribution in [0, 0.1) is 13.8 Å². The van der Waals surface area contributed by atoms with Crippen LogP contribution in [0.15, 0.2) is 42.5 Å². The van der Waals surface area contributed by atoms with Crippen molar-refractivity contribution in [3.8, 4) is 0 Å². The maximum atomic E-state index is 12.1. The molecule has 1 amide bonds. The quantitative estimate of drug-likeness (QED) is 0.727. The lowest BCUT2D eigenvalue weighted by molar-refractivity contribution is -0.116. The van der Waals surface area contributed by atoms with Crippen molar-refractivity contribution < 1.29 is 4.79 Å². The molecule has 0 bridgehead atoms. The van der Waals surface area contributed by atoms with Crippen LogP contribution in [0.3, 0.4) is 0 Å². The molecular formula is C19H20N2OS. The molecule has 0 aliphatic heterocycles. The van der Waals surface area contributed by atoms with Gasteiger partial charge >= 0.3 is 0 Å². The number of aromatic nitrogens is 1. The Kier molecular flexibility index (Phi) is 4.72. The van der Waals surface area contributed by atoms with Gasteiger partial charge in [0.1, 0.15) is 0 Å². The van der Waals surface area contributed by atoms with E-state index in [2.05, 4.69) is 29.4 Å². The van der Waals surface area contributed by atoms with Crippen LogP contribution in [0.25, 0.3) is 10.2 Å². The van der Waals surface area contributed by atoms with E-state index < -0.39 is 0 Å². The van der Waals surface area contributed by atoms with Crippen LogP contribution >= 0.6 is 11.3 Å². The van der Waals surface area contributed by atoms with Gasteiger partial charge in [0.15, 0.2) is 0 Å². The van der Waals surface area contributed by atoms with Crippen molar-refractivity contribution in [2.24, 2.45) is 0 Å². The molecule has 3 rings (SSSR count). The Balaban J connectivity index is 1.54. The number of aryl methyl sites for hydroxylation is 2. The number of benzene rings is 2. The first-order valence-corrected chi connectivity index (χ1v) is 8.65. The molecule has 0 radical (unpaired) electrons. The third kappa shape index (κ3) is 3.77. The number of amides is 1. The number of thiazole rings is 1. The highest BCUT2D eigenvalue weighted by molar-refractivity contribution is 7.18. The Hall–Kier alpha value is -2.20. The first-order valence-electron chi connectivity index (χ1n) is 7.84. The van der Waals surface area contributed by atoms with Crippen LogP contribution in [0.1, 0.15) is 29.0 Å². The van der Waals surface area contributed by atoms with Gasteiger partial charge in [-0.3, -0.25) is 4.79 Å². The SMILES string of the molecule is Cc1cccc(NC(=O)CCCc2nc3ccccc3s2)c1C. The molecule has 1 aromatic heterocycles. The highest BCUT2D eigenvalue weighted by Gasteiger charge is 2.08. The zero-order chi connectivity index (χ0) is 16.2. The molecule has 1 N–H and O–H groups in total. The average molecular weight is 324 g/mol. The summed E-state index contributed by atoms with van der Waals surface area (Å²) in [6.45, 7) is 4.09. The van der Waals surface area contributed by atoms with Gasteiger partial charge in [0, 0.05) is 12.1 Å². The van der Waals surface area contributed by atoms with E-state index in [1.807, 2.05) is 37.3 Å². The molecule has 3 nitrogen and oxygen atoms in total. The van der Waals surface area contributed by atoms with Crippen molar-refractivity contribution >= 4 is 33.1 Å². The van der Waals surface area contributed by atoms with Gasteiger partial charge in [-0.1, -0.05) is 24.3 Å². The van der Waals surface area contributed by atoms with Gasteiger partial charge in [-0.15, -0.1) is 11.3 Å². The zero-order valence-corrected chi connectivity index (χ0v) is 14.2. The summed E-state index contributed by atoms with van der Waals surface area (Å²) in [6.07, 6.45) is 2.18. The smallest absolute Gasteiger partial charge is 0.224 e. The van der Waals surface area contributed by atoms with Gasteiger partial charge in [0.05, 0.1) is 15.2 Å². The van der Waals surface area contributed by atoms with E-state index in [0.717, 1.165) is 34.6 Å². The van der Waals surface area contributed by atoms with E-state index in [0.29, 0.717) is 6.42 Å². The molecule has 3 aromatic rings. The fourth-order valence-corrected chi connectivity index (χ4v) is 3.54. The number of hydrogen-bond acceptors (Lipinski definition) is 3. The lowest BCUT2D eigenvalue weighted by Gasteiger charge is -2.10. The summed E-state index contributed by atoms with van der Waals surface area (Å²) in [5.74, 6) is 0.0693. The van der Waals surface area contributed by atoms with Crippen LogP contribution in [0.5, 0.6) is 0 Å². The van der Waals surface area contributed by atoms with Crippen molar-refractivity contribution in [1.82, 2.24) is 4.98 Å². The van der Waals surface area contributed by atoms with Crippen molar-refractivity contribution in [2.75, 3.05) is 5.32 Å². The van der Waals surface area contributed by atoms with Gasteiger partial charge < -0.3 is 5.32 Å². The molecule has 2 aromatic carbocycles. The van der Waals surface area contributed by atoms with E-state index in [1.54, 1.807) is 11.3 Å². The summed E-state index contributed by atoms with van der Waals surface area (Å²) in [4.78, 5) is 16.7. The Morgan fingerprint density at radius 3 is 2.78 bits per heavy atom. The summed E-state index contributed by atoms with van der Waals surface area (Å²) in [6, 6.07) is 14.1. The first kappa shape index (κ1) is 15.7. The highest BCUT2D eigenvalue weighted by atomic mass is 32.1. The molecular weight excluding hydrogens is 304 g/mol. The fourth-order valence-electron chi connectivity index (χ4n) is 2.53. The van der Waals surface area contributed by atoms with Crippen molar-refractivity contribution in [2.45, 2.75) is 33.1 Å². The second-order valence-corrected chi connectivity index (χ2v) is 6.84. The van der Waals surface area contributed by atoms with E-state index >= 15 is 0 Å². The third-order valence-electron chi connectivity index (χ3n) is 4.01. The minimum absolute atomic E-state index is 0.0693. The van der Waals surface area contributed by atoms with Crippen LogP contribution in [0.2, 0.25) is 0 Å². The second-order valence-electron chi connectivity index (χ2n) is 5.72. The van der Waals surface area contributed by atoms with Gasteiger partial charge in [-0.2, -0.15) is 0 Å². The minimum atomic E-state index is 0.0693.